The zero-order chi connectivity index (χ0) is 16.3. The predicted octanol–water partition coefficient (Wildman–Crippen LogP) is 2.65. The van der Waals surface area contributed by atoms with E-state index in [1.54, 1.807) is 12.1 Å². The predicted molar refractivity (Wildman–Crippen MR) is 89.3 cm³/mol. The zero-order valence-electron chi connectivity index (χ0n) is 13.2. The molecule has 1 aliphatic heterocycles. The molecule has 2 aromatic rings. The highest BCUT2D eigenvalue weighted by Gasteiger charge is 2.28. The molecule has 1 heterocycles. The maximum Gasteiger partial charge on any atom is 0.243 e. The summed E-state index contributed by atoms with van der Waals surface area (Å²) in [7, 11) is -3.53. The van der Waals surface area contributed by atoms with Crippen LogP contribution in [0.15, 0.2) is 41.3 Å². The molecule has 2 aromatic carbocycles. The Hall–Kier alpha value is -1.63. The van der Waals surface area contributed by atoms with Gasteiger partial charge in [-0.3, -0.25) is 0 Å². The van der Waals surface area contributed by atoms with Crippen LogP contribution in [0.5, 0.6) is 5.75 Å². The maximum atomic E-state index is 13.0. The van der Waals surface area contributed by atoms with E-state index in [9.17, 15) is 8.42 Å². The van der Waals surface area contributed by atoms with Crippen LogP contribution in [0.4, 0.5) is 0 Å². The highest BCUT2D eigenvalue weighted by Crippen LogP contribution is 2.32. The van der Waals surface area contributed by atoms with Crippen molar-refractivity contribution >= 4 is 20.8 Å². The van der Waals surface area contributed by atoms with Crippen LogP contribution in [0.25, 0.3) is 10.8 Å². The first-order valence-corrected chi connectivity index (χ1v) is 9.31. The molecule has 1 fully saturated rings. The molecule has 0 spiro atoms. The summed E-state index contributed by atoms with van der Waals surface area (Å²) in [5.41, 5.74) is 0. The van der Waals surface area contributed by atoms with Crippen molar-refractivity contribution in [2.75, 3.05) is 32.9 Å². The van der Waals surface area contributed by atoms with E-state index in [-0.39, 0.29) is 0 Å². The fourth-order valence-corrected chi connectivity index (χ4v) is 4.34. The van der Waals surface area contributed by atoms with Crippen molar-refractivity contribution < 1.29 is 17.9 Å². The van der Waals surface area contributed by atoms with E-state index in [0.717, 1.165) is 17.6 Å². The van der Waals surface area contributed by atoms with Crippen LogP contribution in [0.3, 0.4) is 0 Å². The molecule has 23 heavy (non-hydrogen) atoms. The zero-order valence-corrected chi connectivity index (χ0v) is 14.0. The van der Waals surface area contributed by atoms with Crippen molar-refractivity contribution in [1.29, 1.82) is 0 Å². The third kappa shape index (κ3) is 3.20. The molecule has 0 aliphatic carbocycles. The minimum absolute atomic E-state index is 0.332. The van der Waals surface area contributed by atoms with Gasteiger partial charge in [-0.25, -0.2) is 8.42 Å². The lowest BCUT2D eigenvalue weighted by atomic mass is 10.1. The van der Waals surface area contributed by atoms with Gasteiger partial charge in [-0.05, 0) is 18.6 Å². The number of ether oxygens (including phenoxy) is 2. The summed E-state index contributed by atoms with van der Waals surface area (Å²) in [6.45, 7) is 4.32. The van der Waals surface area contributed by atoms with Gasteiger partial charge in [0.1, 0.15) is 5.75 Å². The molecule has 5 nitrogen and oxygen atoms in total. The summed E-state index contributed by atoms with van der Waals surface area (Å²) in [5.74, 6) is 0.725. The number of rotatable bonds is 5. The molecule has 1 aliphatic rings. The number of fused-ring (bicyclic) bond motifs is 1. The smallest absolute Gasteiger partial charge is 0.243 e. The minimum atomic E-state index is -3.53. The topological polar surface area (TPSA) is 55.8 Å². The highest BCUT2D eigenvalue weighted by molar-refractivity contribution is 7.89. The van der Waals surface area contributed by atoms with Gasteiger partial charge in [0.05, 0.1) is 24.7 Å². The van der Waals surface area contributed by atoms with E-state index >= 15 is 0 Å². The largest absolute Gasteiger partial charge is 0.493 e. The van der Waals surface area contributed by atoms with Crippen LogP contribution in [0, 0.1) is 0 Å². The fourth-order valence-electron chi connectivity index (χ4n) is 2.73. The second kappa shape index (κ2) is 6.86. The number of hydrogen-bond acceptors (Lipinski definition) is 4. The van der Waals surface area contributed by atoms with Crippen molar-refractivity contribution in [2.45, 2.75) is 18.2 Å². The average Bonchev–Trinajstić information content (AvgIpc) is 2.60. The number of benzene rings is 2. The van der Waals surface area contributed by atoms with Crippen molar-refractivity contribution in [2.24, 2.45) is 0 Å². The molecular weight excluding hydrogens is 314 g/mol. The first-order valence-electron chi connectivity index (χ1n) is 7.87. The van der Waals surface area contributed by atoms with Gasteiger partial charge in [0.2, 0.25) is 10.0 Å². The summed E-state index contributed by atoms with van der Waals surface area (Å²) in [6.07, 6.45) is 0.905. The van der Waals surface area contributed by atoms with E-state index < -0.39 is 10.0 Å². The molecule has 0 atom stereocenters. The number of hydrogen-bond donors (Lipinski definition) is 0. The number of morpholine rings is 1. The van der Waals surface area contributed by atoms with Crippen LogP contribution < -0.4 is 4.74 Å². The van der Waals surface area contributed by atoms with Crippen molar-refractivity contribution in [3.8, 4) is 5.75 Å². The Labute approximate surface area is 136 Å². The van der Waals surface area contributed by atoms with Gasteiger partial charge in [-0.2, -0.15) is 4.31 Å². The van der Waals surface area contributed by atoms with Crippen LogP contribution in [0.2, 0.25) is 0 Å². The van der Waals surface area contributed by atoms with Crippen LogP contribution in [0.1, 0.15) is 13.3 Å². The second-order valence-electron chi connectivity index (χ2n) is 5.47. The van der Waals surface area contributed by atoms with Gasteiger partial charge < -0.3 is 9.47 Å². The Balaban J connectivity index is 2.08. The molecule has 1 saturated heterocycles. The highest BCUT2D eigenvalue weighted by atomic mass is 32.2. The summed E-state index contributed by atoms with van der Waals surface area (Å²) < 4.78 is 38.4. The summed E-state index contributed by atoms with van der Waals surface area (Å²) in [6, 6.07) is 10.9. The van der Waals surface area contributed by atoms with Gasteiger partial charge in [0, 0.05) is 23.9 Å². The van der Waals surface area contributed by atoms with E-state index in [1.165, 1.54) is 4.31 Å². The van der Waals surface area contributed by atoms with Crippen molar-refractivity contribution in [3.63, 3.8) is 0 Å². The molecule has 0 radical (unpaired) electrons. The summed E-state index contributed by atoms with van der Waals surface area (Å²) in [4.78, 5) is 0.332. The minimum Gasteiger partial charge on any atom is -0.493 e. The molecule has 124 valence electrons. The van der Waals surface area contributed by atoms with Crippen LogP contribution >= 0.6 is 0 Å². The summed E-state index contributed by atoms with van der Waals surface area (Å²) >= 11 is 0. The van der Waals surface area contributed by atoms with E-state index in [4.69, 9.17) is 9.47 Å². The standard InChI is InChI=1S/C17H21NO4S/c1-2-11-22-16-7-8-17(15-6-4-3-5-14(15)16)23(19,20)18-9-12-21-13-10-18/h3-8H,2,9-13H2,1H3. The molecule has 3 rings (SSSR count). The summed E-state index contributed by atoms with van der Waals surface area (Å²) in [5, 5.41) is 1.53. The van der Waals surface area contributed by atoms with Crippen LogP contribution in [-0.4, -0.2) is 45.6 Å². The van der Waals surface area contributed by atoms with Gasteiger partial charge in [-0.15, -0.1) is 0 Å². The molecule has 0 aromatic heterocycles. The second-order valence-corrected chi connectivity index (χ2v) is 7.38. The Bertz CT molecular complexity index is 782. The van der Waals surface area contributed by atoms with Crippen molar-refractivity contribution in [1.82, 2.24) is 4.31 Å². The third-order valence-corrected chi connectivity index (χ3v) is 5.85. The number of sulfonamides is 1. The van der Waals surface area contributed by atoms with E-state index in [2.05, 4.69) is 0 Å². The SMILES string of the molecule is CCCOc1ccc(S(=O)(=O)N2CCOCC2)c2ccccc12. The lowest BCUT2D eigenvalue weighted by Crippen LogP contribution is -2.40. The number of nitrogens with zero attached hydrogens (tertiary/aromatic N) is 1. The van der Waals surface area contributed by atoms with Gasteiger partial charge in [0.25, 0.3) is 0 Å². The van der Waals surface area contributed by atoms with Crippen molar-refractivity contribution in [3.05, 3.63) is 36.4 Å². The van der Waals surface area contributed by atoms with Gasteiger partial charge in [0.15, 0.2) is 0 Å². The Kier molecular flexibility index (Phi) is 4.84. The molecule has 6 heteroatoms. The van der Waals surface area contributed by atoms with E-state index in [1.807, 2.05) is 31.2 Å². The monoisotopic (exact) mass is 335 g/mol. The Morgan fingerprint density at radius 3 is 2.48 bits per heavy atom. The molecule has 0 saturated carbocycles. The van der Waals surface area contributed by atoms with E-state index in [0.29, 0.717) is 43.2 Å². The maximum absolute atomic E-state index is 13.0. The lowest BCUT2D eigenvalue weighted by Gasteiger charge is -2.26. The molecule has 0 N–H and O–H groups in total. The first kappa shape index (κ1) is 16.2. The fraction of sp³-hybridized carbons (Fsp3) is 0.412. The molecule has 0 amide bonds. The Morgan fingerprint density at radius 2 is 1.78 bits per heavy atom. The normalized spacial score (nSPS) is 16.6. The quantitative estimate of drug-likeness (QED) is 0.843. The average molecular weight is 335 g/mol. The lowest BCUT2D eigenvalue weighted by molar-refractivity contribution is 0.0730. The molecular formula is C17H21NO4S. The first-order chi connectivity index (χ1) is 11.1. The Morgan fingerprint density at radius 1 is 1.09 bits per heavy atom. The third-order valence-electron chi connectivity index (χ3n) is 3.89. The van der Waals surface area contributed by atoms with Crippen LogP contribution in [-0.2, 0) is 14.8 Å². The molecule has 0 bridgehead atoms. The van der Waals surface area contributed by atoms with Gasteiger partial charge in [-0.1, -0.05) is 31.2 Å². The molecule has 0 unspecified atom stereocenters. The van der Waals surface area contributed by atoms with Gasteiger partial charge >= 0.3 is 0 Å².